The van der Waals surface area contributed by atoms with E-state index in [0.717, 1.165) is 11.3 Å². The Kier molecular flexibility index (Phi) is 4.80. The van der Waals surface area contributed by atoms with Crippen molar-refractivity contribution in [3.05, 3.63) is 64.1 Å². The molecule has 2 aromatic rings. The molecule has 0 saturated carbocycles. The maximum absolute atomic E-state index is 5.98. The summed E-state index contributed by atoms with van der Waals surface area (Å²) >= 11 is 11.9. The Morgan fingerprint density at radius 2 is 1.79 bits per heavy atom. The molecule has 2 rings (SSSR count). The number of hydrazine groups is 1. The normalized spacial score (nSPS) is 11.4. The zero-order valence-corrected chi connectivity index (χ0v) is 11.6. The number of hydrogen-bond acceptors (Lipinski definition) is 2. The highest BCUT2D eigenvalue weighted by Gasteiger charge is 2.03. The first kappa shape index (κ1) is 13.9. The van der Waals surface area contributed by atoms with Gasteiger partial charge in [0.25, 0.3) is 0 Å². The number of para-hydroxylation sites is 1. The summed E-state index contributed by atoms with van der Waals surface area (Å²) in [5, 5.41) is 1.06. The minimum Gasteiger partial charge on any atom is -0.312 e. The Morgan fingerprint density at radius 1 is 1.05 bits per heavy atom. The Morgan fingerprint density at radius 3 is 2.42 bits per heavy atom. The number of rotatable bonds is 3. The van der Waals surface area contributed by atoms with E-state index < -0.39 is 0 Å². The number of hydrogen-bond donors (Lipinski definition) is 2. The van der Waals surface area contributed by atoms with Crippen LogP contribution in [0.3, 0.4) is 0 Å². The molecule has 0 spiro atoms. The van der Waals surface area contributed by atoms with Crippen LogP contribution in [0.4, 0.5) is 5.69 Å². The van der Waals surface area contributed by atoms with Crippen LogP contribution in [-0.4, -0.2) is 5.84 Å². The molecule has 0 aliphatic rings. The molecule has 0 atom stereocenters. The van der Waals surface area contributed by atoms with Gasteiger partial charge in [-0.05, 0) is 29.8 Å². The van der Waals surface area contributed by atoms with Gasteiger partial charge in [-0.25, -0.2) is 10.8 Å². The zero-order valence-electron chi connectivity index (χ0n) is 10.1. The van der Waals surface area contributed by atoms with Crippen LogP contribution >= 0.6 is 23.2 Å². The highest BCUT2D eigenvalue weighted by atomic mass is 35.5. The third-order valence-corrected chi connectivity index (χ3v) is 3.28. The number of amidine groups is 1. The number of halogens is 2. The number of aliphatic imine (C=N–C) groups is 1. The van der Waals surface area contributed by atoms with Gasteiger partial charge in [0.15, 0.2) is 0 Å². The molecule has 0 bridgehead atoms. The lowest BCUT2D eigenvalue weighted by Crippen LogP contribution is -2.31. The Hall–Kier alpha value is -1.55. The van der Waals surface area contributed by atoms with E-state index in [1.807, 2.05) is 42.5 Å². The van der Waals surface area contributed by atoms with Gasteiger partial charge >= 0.3 is 0 Å². The van der Waals surface area contributed by atoms with Crippen LogP contribution in [0.5, 0.6) is 0 Å². The molecule has 19 heavy (non-hydrogen) atoms. The predicted octanol–water partition coefficient (Wildman–Crippen LogP) is 3.73. The van der Waals surface area contributed by atoms with Crippen molar-refractivity contribution in [3.63, 3.8) is 0 Å². The molecule has 98 valence electrons. The molecule has 0 fully saturated rings. The van der Waals surface area contributed by atoms with Gasteiger partial charge in [-0.3, -0.25) is 0 Å². The molecule has 0 unspecified atom stereocenters. The Labute approximate surface area is 122 Å². The topological polar surface area (TPSA) is 50.4 Å². The van der Waals surface area contributed by atoms with Gasteiger partial charge in [-0.1, -0.05) is 47.5 Å². The van der Waals surface area contributed by atoms with Gasteiger partial charge < -0.3 is 5.43 Å². The molecule has 5 heteroatoms. The average molecular weight is 294 g/mol. The summed E-state index contributed by atoms with van der Waals surface area (Å²) in [6.45, 7) is 0. The van der Waals surface area contributed by atoms with Crippen LogP contribution in [-0.2, 0) is 6.42 Å². The fraction of sp³-hybridized carbons (Fsp3) is 0.0714. The second-order valence-electron chi connectivity index (χ2n) is 3.96. The van der Waals surface area contributed by atoms with Gasteiger partial charge in [-0.2, -0.15) is 0 Å². The SMILES string of the molecule is NNC(Cc1ccc(Cl)c(Cl)c1)=Nc1ccccc1. The van der Waals surface area contributed by atoms with Crippen molar-refractivity contribution in [1.29, 1.82) is 0 Å². The monoisotopic (exact) mass is 293 g/mol. The van der Waals surface area contributed by atoms with Gasteiger partial charge in [0, 0.05) is 6.42 Å². The third kappa shape index (κ3) is 3.96. The summed E-state index contributed by atoms with van der Waals surface area (Å²) in [5.74, 6) is 6.15. The first-order valence-corrected chi connectivity index (χ1v) is 6.48. The van der Waals surface area contributed by atoms with Crippen LogP contribution in [0.25, 0.3) is 0 Å². The molecule has 0 heterocycles. The second kappa shape index (κ2) is 6.57. The van der Waals surface area contributed by atoms with E-state index >= 15 is 0 Å². The molecular weight excluding hydrogens is 281 g/mol. The Balaban J connectivity index is 2.19. The zero-order chi connectivity index (χ0) is 13.7. The maximum Gasteiger partial charge on any atom is 0.121 e. The summed E-state index contributed by atoms with van der Waals surface area (Å²) in [5.41, 5.74) is 4.44. The van der Waals surface area contributed by atoms with E-state index in [9.17, 15) is 0 Å². The standard InChI is InChI=1S/C14H13Cl2N3/c15-12-7-6-10(8-13(12)16)9-14(19-17)18-11-4-2-1-3-5-11/h1-8H,9,17H2,(H,18,19). The number of benzene rings is 2. The van der Waals surface area contributed by atoms with Crippen LogP contribution in [0.15, 0.2) is 53.5 Å². The van der Waals surface area contributed by atoms with Gasteiger partial charge in [-0.15, -0.1) is 0 Å². The predicted molar refractivity (Wildman–Crippen MR) is 81.0 cm³/mol. The van der Waals surface area contributed by atoms with Crippen molar-refractivity contribution in [1.82, 2.24) is 5.43 Å². The highest BCUT2D eigenvalue weighted by molar-refractivity contribution is 6.42. The van der Waals surface area contributed by atoms with Crippen LogP contribution in [0.2, 0.25) is 10.0 Å². The summed E-state index contributed by atoms with van der Waals surface area (Å²) in [4.78, 5) is 4.43. The highest BCUT2D eigenvalue weighted by Crippen LogP contribution is 2.23. The minimum atomic E-state index is 0.523. The molecule has 0 radical (unpaired) electrons. The van der Waals surface area contributed by atoms with Crippen molar-refractivity contribution in [2.24, 2.45) is 10.8 Å². The van der Waals surface area contributed by atoms with Gasteiger partial charge in [0.05, 0.1) is 15.7 Å². The number of nitrogens with two attached hydrogens (primary N) is 1. The van der Waals surface area contributed by atoms with Crippen molar-refractivity contribution in [2.75, 3.05) is 0 Å². The molecule has 0 aliphatic carbocycles. The van der Waals surface area contributed by atoms with Crippen molar-refractivity contribution < 1.29 is 0 Å². The summed E-state index contributed by atoms with van der Waals surface area (Å²) in [6.07, 6.45) is 0.558. The van der Waals surface area contributed by atoms with E-state index in [1.165, 1.54) is 0 Å². The molecule has 0 saturated heterocycles. The van der Waals surface area contributed by atoms with E-state index in [2.05, 4.69) is 10.4 Å². The van der Waals surface area contributed by atoms with Crippen LogP contribution in [0.1, 0.15) is 5.56 Å². The molecule has 0 aromatic heterocycles. The fourth-order valence-corrected chi connectivity index (χ4v) is 1.94. The third-order valence-electron chi connectivity index (χ3n) is 2.54. The van der Waals surface area contributed by atoms with Crippen LogP contribution < -0.4 is 11.3 Å². The molecule has 3 N–H and O–H groups in total. The second-order valence-corrected chi connectivity index (χ2v) is 4.78. The van der Waals surface area contributed by atoms with Crippen molar-refractivity contribution in [2.45, 2.75) is 6.42 Å². The lowest BCUT2D eigenvalue weighted by molar-refractivity contribution is 0.988. The molecular formula is C14H13Cl2N3. The van der Waals surface area contributed by atoms with Crippen molar-refractivity contribution >= 4 is 34.7 Å². The van der Waals surface area contributed by atoms with E-state index in [0.29, 0.717) is 22.3 Å². The Bertz CT molecular complexity index is 582. The summed E-state index contributed by atoms with van der Waals surface area (Å²) in [7, 11) is 0. The van der Waals surface area contributed by atoms with Gasteiger partial charge in [0.2, 0.25) is 0 Å². The van der Waals surface area contributed by atoms with E-state index in [4.69, 9.17) is 29.0 Å². The molecule has 0 aliphatic heterocycles. The van der Waals surface area contributed by atoms with E-state index in [-0.39, 0.29) is 0 Å². The quantitative estimate of drug-likeness (QED) is 0.392. The van der Waals surface area contributed by atoms with E-state index in [1.54, 1.807) is 6.07 Å². The van der Waals surface area contributed by atoms with Crippen molar-refractivity contribution in [3.8, 4) is 0 Å². The number of nitrogens with one attached hydrogen (secondary N) is 1. The summed E-state index contributed by atoms with van der Waals surface area (Å²) < 4.78 is 0. The van der Waals surface area contributed by atoms with Gasteiger partial charge in [0.1, 0.15) is 5.84 Å². The average Bonchev–Trinajstić information content (AvgIpc) is 2.43. The minimum absolute atomic E-state index is 0.523. The molecule has 0 amide bonds. The first-order chi connectivity index (χ1) is 9.19. The molecule has 3 nitrogen and oxygen atoms in total. The number of nitrogens with zero attached hydrogens (tertiary/aromatic N) is 1. The smallest absolute Gasteiger partial charge is 0.121 e. The fourth-order valence-electron chi connectivity index (χ4n) is 1.62. The van der Waals surface area contributed by atoms with Crippen LogP contribution in [0, 0.1) is 0 Å². The summed E-state index contributed by atoms with van der Waals surface area (Å²) in [6, 6.07) is 15.1. The maximum atomic E-state index is 5.98. The lowest BCUT2D eigenvalue weighted by Gasteiger charge is -2.07. The first-order valence-electron chi connectivity index (χ1n) is 5.72. The largest absolute Gasteiger partial charge is 0.312 e. The molecule has 2 aromatic carbocycles. The lowest BCUT2D eigenvalue weighted by atomic mass is 10.1.